The number of hydrogen-bond acceptors (Lipinski definition) is 5. The molecule has 0 saturated carbocycles. The maximum Gasteiger partial charge on any atom is 0.247 e. The van der Waals surface area contributed by atoms with E-state index in [9.17, 15) is 0 Å². The Balaban J connectivity index is 1.80. The van der Waals surface area contributed by atoms with Gasteiger partial charge in [0.2, 0.25) is 11.8 Å². The monoisotopic (exact) mass is 343 g/mol. The van der Waals surface area contributed by atoms with Gasteiger partial charge in [0.05, 0.1) is 16.1 Å². The molecule has 1 aliphatic rings. The molecule has 1 unspecified atom stereocenters. The van der Waals surface area contributed by atoms with Gasteiger partial charge in [0, 0.05) is 30.2 Å². The molecule has 1 atom stereocenters. The van der Waals surface area contributed by atoms with Crippen molar-refractivity contribution in [3.8, 4) is 11.5 Å². The molecule has 2 heterocycles. The Bertz CT molecular complexity index is 628. The Morgan fingerprint density at radius 3 is 2.67 bits per heavy atom. The average molecular weight is 344 g/mol. The van der Waals surface area contributed by atoms with Crippen molar-refractivity contribution in [2.24, 2.45) is 0 Å². The fraction of sp³-hybridized carbons (Fsp3) is 0.429. The van der Waals surface area contributed by atoms with E-state index in [1.54, 1.807) is 12.1 Å². The van der Waals surface area contributed by atoms with Gasteiger partial charge in [-0.05, 0) is 25.1 Å². The summed E-state index contributed by atoms with van der Waals surface area (Å²) >= 11 is 13.9. The highest BCUT2D eigenvalue weighted by Crippen LogP contribution is 2.29. The quantitative estimate of drug-likeness (QED) is 0.837. The average Bonchev–Trinajstić information content (AvgIpc) is 3.00. The van der Waals surface area contributed by atoms with Crippen LogP contribution in [0.4, 0.5) is 0 Å². The van der Waals surface area contributed by atoms with Crippen LogP contribution in [-0.2, 0) is 0 Å². The fourth-order valence-corrected chi connectivity index (χ4v) is 3.50. The van der Waals surface area contributed by atoms with Gasteiger partial charge in [-0.25, -0.2) is 0 Å². The minimum absolute atomic E-state index is 0.134. The van der Waals surface area contributed by atoms with Crippen LogP contribution in [0.15, 0.2) is 22.6 Å². The summed E-state index contributed by atoms with van der Waals surface area (Å²) in [6, 6.07) is 5.43. The molecule has 4 nitrogen and oxygen atoms in total. The molecule has 0 N–H and O–H groups in total. The number of benzene rings is 1. The number of nitrogens with zero attached hydrogens (tertiary/aromatic N) is 3. The summed E-state index contributed by atoms with van der Waals surface area (Å²) in [7, 11) is 0. The molecule has 3 rings (SSSR count). The zero-order chi connectivity index (χ0) is 14.8. The van der Waals surface area contributed by atoms with Gasteiger partial charge in [0.1, 0.15) is 0 Å². The van der Waals surface area contributed by atoms with E-state index < -0.39 is 0 Å². The summed E-state index contributed by atoms with van der Waals surface area (Å²) in [5.74, 6) is 3.42. The van der Waals surface area contributed by atoms with Crippen LogP contribution in [-0.4, -0.2) is 39.7 Å². The van der Waals surface area contributed by atoms with Gasteiger partial charge < -0.3 is 4.42 Å². The van der Waals surface area contributed by atoms with Crippen molar-refractivity contribution in [2.45, 2.75) is 13.0 Å². The van der Waals surface area contributed by atoms with Gasteiger partial charge in [0.15, 0.2) is 0 Å². The lowest BCUT2D eigenvalue weighted by Gasteiger charge is -2.29. The van der Waals surface area contributed by atoms with Crippen LogP contribution in [0.5, 0.6) is 0 Å². The Morgan fingerprint density at radius 2 is 1.95 bits per heavy atom. The second-order valence-electron chi connectivity index (χ2n) is 4.90. The summed E-state index contributed by atoms with van der Waals surface area (Å²) in [6.07, 6.45) is 0. The highest BCUT2D eigenvalue weighted by atomic mass is 35.5. The zero-order valence-corrected chi connectivity index (χ0v) is 13.9. The molecule has 21 heavy (non-hydrogen) atoms. The van der Waals surface area contributed by atoms with Gasteiger partial charge in [-0.1, -0.05) is 23.2 Å². The van der Waals surface area contributed by atoms with Gasteiger partial charge >= 0.3 is 0 Å². The van der Waals surface area contributed by atoms with Crippen molar-refractivity contribution < 1.29 is 4.42 Å². The molecule has 0 radical (unpaired) electrons. The van der Waals surface area contributed by atoms with Crippen molar-refractivity contribution in [1.82, 2.24) is 15.1 Å². The van der Waals surface area contributed by atoms with Gasteiger partial charge in [0.25, 0.3) is 0 Å². The van der Waals surface area contributed by atoms with E-state index in [2.05, 4.69) is 22.0 Å². The number of hydrogen-bond donors (Lipinski definition) is 0. The van der Waals surface area contributed by atoms with Crippen molar-refractivity contribution in [2.75, 3.05) is 24.6 Å². The Kier molecular flexibility index (Phi) is 4.74. The Labute approximate surface area is 137 Å². The second kappa shape index (κ2) is 6.57. The summed E-state index contributed by atoms with van der Waals surface area (Å²) in [6.45, 7) is 4.20. The fourth-order valence-electron chi connectivity index (χ4n) is 2.27. The first kappa shape index (κ1) is 15.2. The number of thioether (sulfide) groups is 1. The van der Waals surface area contributed by atoms with E-state index >= 15 is 0 Å². The maximum absolute atomic E-state index is 6.02. The van der Waals surface area contributed by atoms with E-state index in [1.807, 2.05) is 17.8 Å². The molecule has 112 valence electrons. The lowest BCUT2D eigenvalue weighted by Crippen LogP contribution is -2.34. The molecule has 1 aromatic carbocycles. The van der Waals surface area contributed by atoms with Crippen LogP contribution in [0.2, 0.25) is 10.0 Å². The number of aromatic nitrogens is 2. The topological polar surface area (TPSA) is 42.2 Å². The number of rotatable bonds is 3. The third-order valence-electron chi connectivity index (χ3n) is 3.56. The first-order valence-corrected chi connectivity index (χ1v) is 8.67. The molecule has 1 saturated heterocycles. The highest BCUT2D eigenvalue weighted by Gasteiger charge is 2.23. The largest absolute Gasteiger partial charge is 0.419 e. The maximum atomic E-state index is 6.02. The minimum Gasteiger partial charge on any atom is -0.419 e. The number of halogens is 2. The van der Waals surface area contributed by atoms with Crippen LogP contribution in [0.25, 0.3) is 11.5 Å². The smallest absolute Gasteiger partial charge is 0.247 e. The molecule has 0 spiro atoms. The first-order chi connectivity index (χ1) is 10.1. The van der Waals surface area contributed by atoms with E-state index in [0.717, 1.165) is 30.2 Å². The lowest BCUT2D eigenvalue weighted by molar-refractivity contribution is 0.202. The van der Waals surface area contributed by atoms with Crippen LogP contribution >= 0.6 is 35.0 Å². The van der Waals surface area contributed by atoms with Gasteiger partial charge in [-0.3, -0.25) is 4.90 Å². The lowest BCUT2D eigenvalue weighted by atomic mass is 10.2. The predicted molar refractivity (Wildman–Crippen MR) is 87.1 cm³/mol. The molecule has 0 bridgehead atoms. The molecular formula is C14H15Cl2N3OS. The molecule has 1 aromatic heterocycles. The van der Waals surface area contributed by atoms with E-state index in [0.29, 0.717) is 21.8 Å². The van der Waals surface area contributed by atoms with E-state index in [-0.39, 0.29) is 6.04 Å². The van der Waals surface area contributed by atoms with Crippen LogP contribution in [0.1, 0.15) is 18.9 Å². The van der Waals surface area contributed by atoms with E-state index in [4.69, 9.17) is 27.6 Å². The van der Waals surface area contributed by atoms with Crippen LogP contribution in [0.3, 0.4) is 0 Å². The highest BCUT2D eigenvalue weighted by molar-refractivity contribution is 7.99. The molecule has 0 aliphatic carbocycles. The first-order valence-electron chi connectivity index (χ1n) is 6.76. The summed E-state index contributed by atoms with van der Waals surface area (Å²) in [5, 5.41) is 9.30. The van der Waals surface area contributed by atoms with Gasteiger partial charge in [-0.2, -0.15) is 11.8 Å². The molecule has 1 fully saturated rings. The standard InChI is InChI=1S/C14H15Cl2N3OS/c1-9(19-4-6-21-7-5-19)13-17-18-14(20-13)10-2-3-11(15)12(16)8-10/h2-3,8-9H,4-7H2,1H3. The molecule has 0 amide bonds. The molecule has 7 heteroatoms. The van der Waals surface area contributed by atoms with Gasteiger partial charge in [-0.15, -0.1) is 10.2 Å². The predicted octanol–water partition coefficient (Wildman–Crippen LogP) is 4.15. The second-order valence-corrected chi connectivity index (χ2v) is 6.94. The van der Waals surface area contributed by atoms with Crippen molar-refractivity contribution in [3.63, 3.8) is 0 Å². The zero-order valence-electron chi connectivity index (χ0n) is 11.6. The van der Waals surface area contributed by atoms with E-state index in [1.165, 1.54) is 0 Å². The normalized spacial score (nSPS) is 17.9. The molecule has 2 aromatic rings. The third kappa shape index (κ3) is 3.37. The Morgan fingerprint density at radius 1 is 1.19 bits per heavy atom. The summed E-state index contributed by atoms with van der Waals surface area (Å²) in [4.78, 5) is 2.36. The summed E-state index contributed by atoms with van der Waals surface area (Å²) in [5.41, 5.74) is 0.782. The van der Waals surface area contributed by atoms with Crippen molar-refractivity contribution >= 4 is 35.0 Å². The minimum atomic E-state index is 0.134. The molecular weight excluding hydrogens is 329 g/mol. The van der Waals surface area contributed by atoms with Crippen molar-refractivity contribution in [3.05, 3.63) is 34.1 Å². The van der Waals surface area contributed by atoms with Crippen molar-refractivity contribution in [1.29, 1.82) is 0 Å². The summed E-state index contributed by atoms with van der Waals surface area (Å²) < 4.78 is 5.81. The molecule has 1 aliphatic heterocycles. The van der Waals surface area contributed by atoms with Crippen LogP contribution < -0.4 is 0 Å². The third-order valence-corrected chi connectivity index (χ3v) is 5.24. The Hall–Kier alpha value is -0.750. The van der Waals surface area contributed by atoms with Crippen LogP contribution in [0, 0.1) is 0 Å². The SMILES string of the molecule is CC(c1nnc(-c2ccc(Cl)c(Cl)c2)o1)N1CCSCC1.